The first-order valence-electron chi connectivity index (χ1n) is 8.96. The average molecular weight is 366 g/mol. The van der Waals surface area contributed by atoms with Gasteiger partial charge in [-0.2, -0.15) is 0 Å². The number of benzene rings is 2. The number of carbonyl (C=O) groups excluding carboxylic acids is 2. The molecule has 2 aromatic rings. The van der Waals surface area contributed by atoms with E-state index in [2.05, 4.69) is 10.6 Å². The minimum Gasteiger partial charge on any atom is -0.491 e. The molecule has 142 valence electrons. The van der Waals surface area contributed by atoms with E-state index in [0.717, 1.165) is 22.6 Å². The van der Waals surface area contributed by atoms with Crippen LogP contribution < -0.4 is 15.4 Å². The molecule has 0 fully saturated rings. The van der Waals surface area contributed by atoms with E-state index in [1.54, 1.807) is 18.2 Å². The summed E-state index contributed by atoms with van der Waals surface area (Å²) in [4.78, 5) is 23.2. The first-order chi connectivity index (χ1) is 12.8. The molecule has 2 aromatic carbocycles. The van der Waals surface area contributed by atoms with Gasteiger partial charge in [-0.25, -0.2) is 0 Å². The Hall–Kier alpha value is -3.08. The third kappa shape index (κ3) is 6.98. The summed E-state index contributed by atoms with van der Waals surface area (Å²) in [6.45, 7) is 7.35. The van der Waals surface area contributed by atoms with Crippen LogP contribution in [0.3, 0.4) is 0 Å². The molecule has 0 heterocycles. The van der Waals surface area contributed by atoms with Gasteiger partial charge in [-0.3, -0.25) is 9.59 Å². The molecule has 0 saturated heterocycles. The molecule has 2 amide bonds. The number of amides is 2. The highest BCUT2D eigenvalue weighted by Gasteiger charge is 2.09. The van der Waals surface area contributed by atoms with Crippen LogP contribution in [0, 0.1) is 0 Å². The van der Waals surface area contributed by atoms with Crippen molar-refractivity contribution in [3.63, 3.8) is 0 Å². The Morgan fingerprint density at radius 1 is 1.04 bits per heavy atom. The van der Waals surface area contributed by atoms with E-state index in [0.29, 0.717) is 0 Å². The summed E-state index contributed by atoms with van der Waals surface area (Å²) >= 11 is 0. The van der Waals surface area contributed by atoms with Crippen LogP contribution in [0.5, 0.6) is 5.75 Å². The quantitative estimate of drug-likeness (QED) is 0.717. The first-order valence-corrected chi connectivity index (χ1v) is 8.96. The maximum atomic E-state index is 12.2. The third-order valence-corrected chi connectivity index (χ3v) is 3.75. The van der Waals surface area contributed by atoms with Crippen molar-refractivity contribution in [2.24, 2.45) is 0 Å². The molecule has 27 heavy (non-hydrogen) atoms. The fraction of sp³-hybridized carbons (Fsp3) is 0.273. The van der Waals surface area contributed by atoms with Gasteiger partial charge in [0.2, 0.25) is 11.8 Å². The molecule has 0 radical (unpaired) electrons. The smallest absolute Gasteiger partial charge is 0.244 e. The highest BCUT2D eigenvalue weighted by atomic mass is 16.5. The second-order valence-corrected chi connectivity index (χ2v) is 6.61. The average Bonchev–Trinajstić information content (AvgIpc) is 2.60. The van der Waals surface area contributed by atoms with E-state index in [1.807, 2.05) is 57.2 Å². The number of rotatable bonds is 7. The van der Waals surface area contributed by atoms with Crippen LogP contribution in [0.25, 0.3) is 6.08 Å². The SMILES string of the molecule is CC(=O)Nc1ccc(C=CC(=O)NC(C)c2cccc(OC(C)C)c2)cc1. The number of carbonyl (C=O) groups is 2. The Balaban J connectivity index is 1.94. The Labute approximate surface area is 160 Å². The molecule has 5 nitrogen and oxygen atoms in total. The van der Waals surface area contributed by atoms with Gasteiger partial charge in [-0.15, -0.1) is 0 Å². The molecule has 1 atom stereocenters. The summed E-state index contributed by atoms with van der Waals surface area (Å²) in [6.07, 6.45) is 3.33. The van der Waals surface area contributed by atoms with Crippen LogP contribution in [0.15, 0.2) is 54.6 Å². The first kappa shape index (κ1) is 20.2. The van der Waals surface area contributed by atoms with Crippen molar-refractivity contribution in [3.05, 3.63) is 65.7 Å². The molecule has 0 bridgehead atoms. The lowest BCUT2D eigenvalue weighted by Gasteiger charge is -2.15. The third-order valence-electron chi connectivity index (χ3n) is 3.75. The second-order valence-electron chi connectivity index (χ2n) is 6.61. The van der Waals surface area contributed by atoms with Gasteiger partial charge in [-0.1, -0.05) is 24.3 Å². The van der Waals surface area contributed by atoms with Crippen molar-refractivity contribution in [2.75, 3.05) is 5.32 Å². The molecule has 0 aliphatic heterocycles. The topological polar surface area (TPSA) is 67.4 Å². The molecule has 2 rings (SSSR count). The monoisotopic (exact) mass is 366 g/mol. The van der Waals surface area contributed by atoms with Crippen molar-refractivity contribution in [2.45, 2.75) is 39.8 Å². The maximum Gasteiger partial charge on any atom is 0.244 e. The van der Waals surface area contributed by atoms with E-state index >= 15 is 0 Å². The Bertz CT molecular complexity index is 811. The zero-order chi connectivity index (χ0) is 19.8. The van der Waals surface area contributed by atoms with Gasteiger partial charge in [0.15, 0.2) is 0 Å². The predicted octanol–water partition coefficient (Wildman–Crippen LogP) is 4.32. The van der Waals surface area contributed by atoms with Crippen LogP contribution in [-0.4, -0.2) is 17.9 Å². The summed E-state index contributed by atoms with van der Waals surface area (Å²) < 4.78 is 5.70. The fourth-order valence-electron chi connectivity index (χ4n) is 2.53. The van der Waals surface area contributed by atoms with Crippen molar-refractivity contribution < 1.29 is 14.3 Å². The van der Waals surface area contributed by atoms with E-state index in [1.165, 1.54) is 13.0 Å². The van der Waals surface area contributed by atoms with Gasteiger partial charge in [0.05, 0.1) is 12.1 Å². The number of ether oxygens (including phenoxy) is 1. The highest BCUT2D eigenvalue weighted by molar-refractivity contribution is 5.92. The van der Waals surface area contributed by atoms with Crippen molar-refractivity contribution in [3.8, 4) is 5.75 Å². The van der Waals surface area contributed by atoms with Crippen molar-refractivity contribution in [1.82, 2.24) is 5.32 Å². The fourth-order valence-corrected chi connectivity index (χ4v) is 2.53. The lowest BCUT2D eigenvalue weighted by atomic mass is 10.1. The lowest BCUT2D eigenvalue weighted by molar-refractivity contribution is -0.117. The van der Waals surface area contributed by atoms with Crippen LogP contribution in [-0.2, 0) is 9.59 Å². The highest BCUT2D eigenvalue weighted by Crippen LogP contribution is 2.20. The van der Waals surface area contributed by atoms with Crippen LogP contribution in [0.4, 0.5) is 5.69 Å². The minimum absolute atomic E-state index is 0.102. The minimum atomic E-state index is -0.177. The summed E-state index contributed by atoms with van der Waals surface area (Å²) in [6, 6.07) is 14.9. The zero-order valence-corrected chi connectivity index (χ0v) is 16.2. The Morgan fingerprint density at radius 3 is 2.37 bits per heavy atom. The summed E-state index contributed by atoms with van der Waals surface area (Å²) in [5.41, 5.74) is 2.58. The van der Waals surface area contributed by atoms with Crippen LogP contribution >= 0.6 is 0 Å². The number of nitrogens with one attached hydrogen (secondary N) is 2. The van der Waals surface area contributed by atoms with Crippen molar-refractivity contribution in [1.29, 1.82) is 0 Å². The normalized spacial score (nSPS) is 12.0. The molecule has 0 saturated carbocycles. The largest absolute Gasteiger partial charge is 0.491 e. The van der Waals surface area contributed by atoms with Crippen LogP contribution in [0.1, 0.15) is 44.9 Å². The number of hydrogen-bond acceptors (Lipinski definition) is 3. The molecular formula is C22H26N2O3. The molecule has 0 aromatic heterocycles. The Morgan fingerprint density at radius 2 is 1.74 bits per heavy atom. The second kappa shape index (κ2) is 9.57. The van der Waals surface area contributed by atoms with E-state index in [9.17, 15) is 9.59 Å². The van der Waals surface area contributed by atoms with Crippen LogP contribution in [0.2, 0.25) is 0 Å². The van der Waals surface area contributed by atoms with Gasteiger partial charge in [0.1, 0.15) is 5.75 Å². The molecule has 0 spiro atoms. The number of hydrogen-bond donors (Lipinski definition) is 2. The summed E-state index contributed by atoms with van der Waals surface area (Å²) in [5.74, 6) is 0.497. The van der Waals surface area contributed by atoms with Crippen molar-refractivity contribution >= 4 is 23.6 Å². The Kier molecular flexibility index (Phi) is 7.17. The summed E-state index contributed by atoms with van der Waals surface area (Å²) in [7, 11) is 0. The molecule has 1 unspecified atom stereocenters. The van der Waals surface area contributed by atoms with E-state index in [-0.39, 0.29) is 24.0 Å². The molecular weight excluding hydrogens is 340 g/mol. The number of anilines is 1. The molecule has 0 aliphatic rings. The van der Waals surface area contributed by atoms with Gasteiger partial charge in [-0.05, 0) is 62.2 Å². The predicted molar refractivity (Wildman–Crippen MR) is 109 cm³/mol. The van der Waals surface area contributed by atoms with E-state index < -0.39 is 0 Å². The van der Waals surface area contributed by atoms with Gasteiger partial charge >= 0.3 is 0 Å². The van der Waals surface area contributed by atoms with Gasteiger partial charge in [0.25, 0.3) is 0 Å². The summed E-state index contributed by atoms with van der Waals surface area (Å²) in [5, 5.41) is 5.65. The maximum absolute atomic E-state index is 12.2. The molecule has 0 aliphatic carbocycles. The lowest BCUT2D eigenvalue weighted by Crippen LogP contribution is -2.24. The molecule has 5 heteroatoms. The molecule has 2 N–H and O–H groups in total. The standard InChI is InChI=1S/C22H26N2O3/c1-15(2)27-21-7-5-6-19(14-21)16(3)23-22(26)13-10-18-8-11-20(12-9-18)24-17(4)25/h5-16H,1-4H3,(H,23,26)(H,24,25). The van der Waals surface area contributed by atoms with Gasteiger partial charge < -0.3 is 15.4 Å². The van der Waals surface area contributed by atoms with Gasteiger partial charge in [0, 0.05) is 18.7 Å². The zero-order valence-electron chi connectivity index (χ0n) is 16.2. The van der Waals surface area contributed by atoms with E-state index in [4.69, 9.17) is 4.74 Å².